The molecule has 2 bridgehead atoms. The molecule has 4 nitrogen and oxygen atoms in total. The first-order valence-corrected chi connectivity index (χ1v) is 5.22. The van der Waals surface area contributed by atoms with E-state index in [-0.39, 0.29) is 17.9 Å². The van der Waals surface area contributed by atoms with Crippen LogP contribution in [0.1, 0.15) is 18.1 Å². The Morgan fingerprint density at radius 1 is 1.40 bits per heavy atom. The fourth-order valence-corrected chi connectivity index (χ4v) is 3.03. The topological polar surface area (TPSA) is 60.9 Å². The normalized spacial score (nSPS) is 39.9. The highest BCUT2D eigenvalue weighted by Crippen LogP contribution is 2.47. The standard InChI is InChI=1S/C11H13NO3/c13-12(14)11-8-4-3-7(6-8)10(11)9-2-1-5-15-9/h1-5,7-8,10-13H,6H2. The van der Waals surface area contributed by atoms with Crippen LogP contribution >= 0.6 is 0 Å². The van der Waals surface area contributed by atoms with Crippen molar-refractivity contribution >= 4 is 0 Å². The summed E-state index contributed by atoms with van der Waals surface area (Å²) in [6.07, 6.45) is 6.76. The van der Waals surface area contributed by atoms with E-state index in [4.69, 9.17) is 4.42 Å². The van der Waals surface area contributed by atoms with Gasteiger partial charge in [-0.15, -0.1) is 0 Å². The van der Waals surface area contributed by atoms with Gasteiger partial charge in [-0.05, 0) is 24.5 Å². The summed E-state index contributed by atoms with van der Waals surface area (Å²) >= 11 is 0. The molecule has 0 aromatic carbocycles. The second kappa shape index (κ2) is 3.20. The Kier molecular flexibility index (Phi) is 1.95. The molecule has 3 rings (SSSR count). The van der Waals surface area contributed by atoms with Gasteiger partial charge in [0.2, 0.25) is 0 Å². The van der Waals surface area contributed by atoms with Crippen LogP contribution in [-0.4, -0.2) is 11.2 Å². The van der Waals surface area contributed by atoms with Crippen molar-refractivity contribution in [2.75, 3.05) is 0 Å². The van der Waals surface area contributed by atoms with Gasteiger partial charge in [-0.25, -0.2) is 10.4 Å². The van der Waals surface area contributed by atoms with Gasteiger partial charge < -0.3 is 9.62 Å². The van der Waals surface area contributed by atoms with Crippen LogP contribution in [0, 0.1) is 17.0 Å². The maximum Gasteiger partial charge on any atom is 0.134 e. The molecule has 0 spiro atoms. The molecule has 4 heteroatoms. The maximum atomic E-state index is 11.2. The molecule has 80 valence electrons. The van der Waals surface area contributed by atoms with Crippen LogP contribution in [-0.2, 0) is 0 Å². The first-order valence-electron chi connectivity index (χ1n) is 5.22. The minimum absolute atomic E-state index is 0.0347. The second-order valence-electron chi connectivity index (χ2n) is 4.35. The molecule has 0 radical (unpaired) electrons. The zero-order valence-electron chi connectivity index (χ0n) is 8.17. The van der Waals surface area contributed by atoms with E-state index in [1.807, 2.05) is 18.2 Å². The van der Waals surface area contributed by atoms with Crippen LogP contribution in [0.25, 0.3) is 0 Å². The fourth-order valence-electron chi connectivity index (χ4n) is 3.03. The lowest BCUT2D eigenvalue weighted by Crippen LogP contribution is -3.10. The van der Waals surface area contributed by atoms with Crippen molar-refractivity contribution in [3.05, 3.63) is 41.5 Å². The number of rotatable bonds is 2. The van der Waals surface area contributed by atoms with Gasteiger partial charge in [0.15, 0.2) is 0 Å². The highest BCUT2D eigenvalue weighted by atomic mass is 16.8. The van der Waals surface area contributed by atoms with Gasteiger partial charge in [-0.2, -0.15) is 0 Å². The van der Waals surface area contributed by atoms with E-state index in [0.29, 0.717) is 5.92 Å². The molecular formula is C11H13NO3. The molecule has 2 aliphatic carbocycles. The predicted molar refractivity (Wildman–Crippen MR) is 52.1 cm³/mol. The molecule has 0 saturated heterocycles. The number of quaternary nitrogens is 1. The van der Waals surface area contributed by atoms with E-state index in [1.165, 1.54) is 0 Å². The third-order valence-corrected chi connectivity index (χ3v) is 3.62. The first kappa shape index (κ1) is 9.15. The molecule has 5 unspecified atom stereocenters. The number of allylic oxidation sites excluding steroid dienone is 1. The van der Waals surface area contributed by atoms with Crippen molar-refractivity contribution in [2.24, 2.45) is 11.8 Å². The van der Waals surface area contributed by atoms with Crippen molar-refractivity contribution in [3.8, 4) is 0 Å². The smallest absolute Gasteiger partial charge is 0.134 e. The average molecular weight is 207 g/mol. The number of hydroxylamine groups is 2. The fraction of sp³-hybridized carbons (Fsp3) is 0.455. The van der Waals surface area contributed by atoms with Crippen molar-refractivity contribution in [2.45, 2.75) is 18.4 Å². The number of hydrogen-bond acceptors (Lipinski definition) is 3. The molecule has 1 aromatic heterocycles. The Labute approximate surface area is 87.3 Å². The van der Waals surface area contributed by atoms with Crippen molar-refractivity contribution in [1.29, 1.82) is 0 Å². The van der Waals surface area contributed by atoms with Gasteiger partial charge in [0, 0.05) is 5.92 Å². The van der Waals surface area contributed by atoms with Gasteiger partial charge in [-0.3, -0.25) is 0 Å². The lowest BCUT2D eigenvalue weighted by atomic mass is 9.87. The first-order chi connectivity index (χ1) is 7.27. The summed E-state index contributed by atoms with van der Waals surface area (Å²) in [5, 5.41) is 19.7. The summed E-state index contributed by atoms with van der Waals surface area (Å²) in [6.45, 7) is 0. The molecule has 0 amide bonds. The molecule has 1 saturated carbocycles. The Balaban J connectivity index is 1.97. The third-order valence-electron chi connectivity index (χ3n) is 3.62. The van der Waals surface area contributed by atoms with E-state index >= 15 is 0 Å². The summed E-state index contributed by atoms with van der Waals surface area (Å²) in [4.78, 5) is 0. The van der Waals surface area contributed by atoms with Gasteiger partial charge in [0.25, 0.3) is 0 Å². The molecule has 15 heavy (non-hydrogen) atoms. The van der Waals surface area contributed by atoms with Gasteiger partial charge in [0.05, 0.1) is 12.2 Å². The molecular weight excluding hydrogens is 194 g/mol. The van der Waals surface area contributed by atoms with Crippen LogP contribution in [0.4, 0.5) is 0 Å². The van der Waals surface area contributed by atoms with Gasteiger partial charge in [0.1, 0.15) is 11.8 Å². The van der Waals surface area contributed by atoms with Crippen molar-refractivity contribution in [1.82, 2.24) is 0 Å². The lowest BCUT2D eigenvalue weighted by molar-refractivity contribution is -1.07. The molecule has 2 aliphatic rings. The van der Waals surface area contributed by atoms with Crippen LogP contribution < -0.4 is 5.23 Å². The molecule has 1 fully saturated rings. The average Bonchev–Trinajstić information content (AvgIpc) is 2.92. The summed E-state index contributed by atoms with van der Waals surface area (Å²) in [5.41, 5.74) is 0. The zero-order valence-corrected chi connectivity index (χ0v) is 8.17. The maximum absolute atomic E-state index is 11.2. The number of hydrogen-bond donors (Lipinski definition) is 2. The van der Waals surface area contributed by atoms with E-state index in [2.05, 4.69) is 6.08 Å². The molecule has 1 aromatic rings. The number of fused-ring (bicyclic) bond motifs is 2. The summed E-state index contributed by atoms with van der Waals surface area (Å²) in [5.74, 6) is 1.40. The van der Waals surface area contributed by atoms with Crippen molar-refractivity contribution in [3.63, 3.8) is 0 Å². The third kappa shape index (κ3) is 1.26. The minimum atomic E-state index is -0.701. The van der Waals surface area contributed by atoms with E-state index in [0.717, 1.165) is 12.2 Å². The van der Waals surface area contributed by atoms with E-state index in [1.54, 1.807) is 6.26 Å². The predicted octanol–water partition coefficient (Wildman–Crippen LogP) is 0.710. The quantitative estimate of drug-likeness (QED) is 0.554. The minimum Gasteiger partial charge on any atom is -0.600 e. The van der Waals surface area contributed by atoms with E-state index in [9.17, 15) is 10.4 Å². The summed E-state index contributed by atoms with van der Waals surface area (Å²) in [7, 11) is 0. The van der Waals surface area contributed by atoms with Gasteiger partial charge in [-0.1, -0.05) is 12.2 Å². The summed E-state index contributed by atoms with van der Waals surface area (Å²) < 4.78 is 5.35. The lowest BCUT2D eigenvalue weighted by Gasteiger charge is -2.30. The molecule has 5 atom stereocenters. The largest absolute Gasteiger partial charge is 0.600 e. The van der Waals surface area contributed by atoms with Crippen molar-refractivity contribution < 1.29 is 14.9 Å². The van der Waals surface area contributed by atoms with Crippen LogP contribution in [0.15, 0.2) is 35.0 Å². The molecule has 2 N–H and O–H groups in total. The van der Waals surface area contributed by atoms with E-state index < -0.39 is 5.23 Å². The zero-order chi connectivity index (χ0) is 10.4. The Bertz CT molecular complexity index is 371. The van der Waals surface area contributed by atoms with Crippen LogP contribution in [0.3, 0.4) is 0 Å². The second-order valence-corrected chi connectivity index (χ2v) is 4.35. The number of nitrogens with one attached hydrogen (secondary N) is 1. The highest BCUT2D eigenvalue weighted by Gasteiger charge is 2.50. The Morgan fingerprint density at radius 2 is 2.20 bits per heavy atom. The van der Waals surface area contributed by atoms with Crippen LogP contribution in [0.2, 0.25) is 0 Å². The summed E-state index contributed by atoms with van der Waals surface area (Å²) in [6, 6.07) is 3.41. The highest BCUT2D eigenvalue weighted by molar-refractivity contribution is 5.24. The van der Waals surface area contributed by atoms with Crippen LogP contribution in [0.5, 0.6) is 0 Å². The Hall–Kier alpha value is -1.10. The van der Waals surface area contributed by atoms with Gasteiger partial charge >= 0.3 is 0 Å². The molecule has 0 aliphatic heterocycles. The Morgan fingerprint density at radius 3 is 2.87 bits per heavy atom. The SMILES string of the molecule is [O-][NH+](O)C1C2C=CC(C2)C1c1ccco1. The number of furan rings is 1. The monoisotopic (exact) mass is 207 g/mol. The molecule has 1 heterocycles.